The van der Waals surface area contributed by atoms with Crippen molar-refractivity contribution >= 4 is 23.5 Å². The van der Waals surface area contributed by atoms with E-state index >= 15 is 0 Å². The number of amides is 3. The Balaban J connectivity index is 1.50. The minimum Gasteiger partial charge on any atom is -0.337 e. The molecule has 4 rings (SSSR count). The van der Waals surface area contributed by atoms with Crippen LogP contribution in [0.2, 0.25) is 5.02 Å². The van der Waals surface area contributed by atoms with E-state index in [0.29, 0.717) is 29.6 Å². The zero-order valence-corrected chi connectivity index (χ0v) is 15.1. The molecule has 1 aromatic carbocycles. The number of halogens is 1. The van der Waals surface area contributed by atoms with Crippen LogP contribution in [0.4, 0.5) is 4.79 Å². The van der Waals surface area contributed by atoms with Crippen molar-refractivity contribution in [3.05, 3.63) is 35.2 Å². The summed E-state index contributed by atoms with van der Waals surface area (Å²) in [5.74, 6) is 1.00. The van der Waals surface area contributed by atoms with E-state index in [1.165, 1.54) is 4.90 Å². The fourth-order valence-corrected chi connectivity index (χ4v) is 3.71. The standard InChI is InChI=1S/C18H19ClN4O3/c1-11-6-8-18(9-7-11)16(24)23(17(25)21-18)10-14-20-15(22-26-14)12-2-4-13(19)5-3-12/h2-5,11H,6-10H2,1H3,(H,21,25). The third-order valence-corrected chi connectivity index (χ3v) is 5.49. The average Bonchev–Trinajstić information content (AvgIpc) is 3.18. The van der Waals surface area contributed by atoms with Crippen molar-refractivity contribution in [2.45, 2.75) is 44.7 Å². The number of nitrogens with zero attached hydrogens (tertiary/aromatic N) is 3. The van der Waals surface area contributed by atoms with Crippen molar-refractivity contribution in [2.75, 3.05) is 0 Å². The maximum atomic E-state index is 12.9. The molecule has 1 spiro atoms. The molecule has 2 heterocycles. The fourth-order valence-electron chi connectivity index (χ4n) is 3.58. The molecule has 7 nitrogen and oxygen atoms in total. The molecule has 2 fully saturated rings. The molecule has 1 aliphatic heterocycles. The van der Waals surface area contributed by atoms with Gasteiger partial charge in [-0.1, -0.05) is 23.7 Å². The third kappa shape index (κ3) is 2.96. The lowest BCUT2D eigenvalue weighted by Gasteiger charge is -2.33. The monoisotopic (exact) mass is 374 g/mol. The third-order valence-electron chi connectivity index (χ3n) is 5.24. The molecule has 0 unspecified atom stereocenters. The fraction of sp³-hybridized carbons (Fsp3) is 0.444. The summed E-state index contributed by atoms with van der Waals surface area (Å²) < 4.78 is 5.23. The number of carbonyl (C=O) groups excluding carboxylic acids is 2. The number of rotatable bonds is 3. The molecule has 1 saturated heterocycles. The molecule has 2 aromatic rings. The van der Waals surface area contributed by atoms with Gasteiger partial charge in [0.1, 0.15) is 12.1 Å². The molecule has 1 aliphatic carbocycles. The van der Waals surface area contributed by atoms with Crippen LogP contribution in [0.3, 0.4) is 0 Å². The van der Waals surface area contributed by atoms with Gasteiger partial charge in [0, 0.05) is 10.6 Å². The number of hydrogen-bond acceptors (Lipinski definition) is 5. The van der Waals surface area contributed by atoms with E-state index in [0.717, 1.165) is 18.4 Å². The Morgan fingerprint density at radius 3 is 2.65 bits per heavy atom. The number of hydrogen-bond donors (Lipinski definition) is 1. The minimum absolute atomic E-state index is 0.0252. The topological polar surface area (TPSA) is 88.3 Å². The van der Waals surface area contributed by atoms with Crippen LogP contribution in [0.1, 0.15) is 38.5 Å². The van der Waals surface area contributed by atoms with Crippen LogP contribution in [0.5, 0.6) is 0 Å². The first-order valence-electron chi connectivity index (χ1n) is 8.69. The average molecular weight is 375 g/mol. The van der Waals surface area contributed by atoms with Crippen molar-refractivity contribution in [3.8, 4) is 11.4 Å². The van der Waals surface area contributed by atoms with Crippen LogP contribution in [-0.2, 0) is 11.3 Å². The predicted molar refractivity (Wildman–Crippen MR) is 94.2 cm³/mol. The lowest BCUT2D eigenvalue weighted by molar-refractivity contribution is -0.133. The Kier molecular flexibility index (Phi) is 4.19. The summed E-state index contributed by atoms with van der Waals surface area (Å²) >= 11 is 5.88. The molecule has 136 valence electrons. The van der Waals surface area contributed by atoms with Crippen LogP contribution in [0.15, 0.2) is 28.8 Å². The molecule has 2 aliphatic rings. The predicted octanol–water partition coefficient (Wildman–Crippen LogP) is 3.39. The first kappa shape index (κ1) is 17.0. The van der Waals surface area contributed by atoms with Gasteiger partial charge in [0.15, 0.2) is 0 Å². The molecule has 1 aromatic heterocycles. The van der Waals surface area contributed by atoms with E-state index in [1.54, 1.807) is 24.3 Å². The number of benzene rings is 1. The van der Waals surface area contributed by atoms with Gasteiger partial charge < -0.3 is 9.84 Å². The highest BCUT2D eigenvalue weighted by molar-refractivity contribution is 6.30. The molecule has 0 atom stereocenters. The first-order valence-corrected chi connectivity index (χ1v) is 9.07. The van der Waals surface area contributed by atoms with Gasteiger partial charge in [-0.15, -0.1) is 0 Å². The Morgan fingerprint density at radius 2 is 1.96 bits per heavy atom. The zero-order chi connectivity index (χ0) is 18.3. The smallest absolute Gasteiger partial charge is 0.325 e. The van der Waals surface area contributed by atoms with Crippen LogP contribution < -0.4 is 5.32 Å². The van der Waals surface area contributed by atoms with Gasteiger partial charge in [-0.05, 0) is 55.9 Å². The van der Waals surface area contributed by atoms with E-state index in [9.17, 15) is 9.59 Å². The second-order valence-corrected chi connectivity index (χ2v) is 7.54. The quantitative estimate of drug-likeness (QED) is 0.832. The van der Waals surface area contributed by atoms with Gasteiger partial charge in [-0.2, -0.15) is 4.98 Å². The van der Waals surface area contributed by atoms with Crippen LogP contribution in [0.25, 0.3) is 11.4 Å². The Bertz CT molecular complexity index is 840. The number of imide groups is 1. The lowest BCUT2D eigenvalue weighted by atomic mass is 9.77. The Labute approximate surface area is 155 Å². The summed E-state index contributed by atoms with van der Waals surface area (Å²) in [5, 5.41) is 7.43. The van der Waals surface area contributed by atoms with Gasteiger partial charge in [-0.25, -0.2) is 4.79 Å². The number of aromatic nitrogens is 2. The Hall–Kier alpha value is -2.41. The molecular weight excluding hydrogens is 356 g/mol. The lowest BCUT2D eigenvalue weighted by Crippen LogP contribution is -2.49. The summed E-state index contributed by atoms with van der Waals surface area (Å²) in [6, 6.07) is 6.64. The summed E-state index contributed by atoms with van der Waals surface area (Å²) in [4.78, 5) is 30.7. The highest BCUT2D eigenvalue weighted by Gasteiger charge is 2.52. The second kappa shape index (κ2) is 6.39. The van der Waals surface area contributed by atoms with Gasteiger partial charge in [0.05, 0.1) is 0 Å². The van der Waals surface area contributed by atoms with Gasteiger partial charge >= 0.3 is 6.03 Å². The van der Waals surface area contributed by atoms with Crippen LogP contribution >= 0.6 is 11.6 Å². The summed E-state index contributed by atoms with van der Waals surface area (Å²) in [6.07, 6.45) is 3.21. The minimum atomic E-state index is -0.761. The molecular formula is C18H19ClN4O3. The normalized spacial score (nSPS) is 25.8. The maximum Gasteiger partial charge on any atom is 0.325 e. The van der Waals surface area contributed by atoms with E-state index in [-0.39, 0.29) is 18.3 Å². The molecule has 0 radical (unpaired) electrons. The van der Waals surface area contributed by atoms with Crippen molar-refractivity contribution in [1.29, 1.82) is 0 Å². The molecule has 26 heavy (non-hydrogen) atoms. The van der Waals surface area contributed by atoms with Crippen molar-refractivity contribution < 1.29 is 14.1 Å². The molecule has 0 bridgehead atoms. The SMILES string of the molecule is CC1CCC2(CC1)NC(=O)N(Cc1nc(-c3ccc(Cl)cc3)no1)C2=O. The van der Waals surface area contributed by atoms with E-state index in [4.69, 9.17) is 16.1 Å². The highest BCUT2D eigenvalue weighted by atomic mass is 35.5. The summed E-state index contributed by atoms with van der Waals surface area (Å²) in [6.45, 7) is 2.14. The summed E-state index contributed by atoms with van der Waals surface area (Å²) in [7, 11) is 0. The van der Waals surface area contributed by atoms with Crippen LogP contribution in [0, 0.1) is 5.92 Å². The van der Waals surface area contributed by atoms with Gasteiger partial charge in [0.25, 0.3) is 5.91 Å². The van der Waals surface area contributed by atoms with Crippen molar-refractivity contribution in [3.63, 3.8) is 0 Å². The second-order valence-electron chi connectivity index (χ2n) is 7.10. The van der Waals surface area contributed by atoms with Crippen molar-refractivity contribution in [2.24, 2.45) is 5.92 Å². The van der Waals surface area contributed by atoms with E-state index in [2.05, 4.69) is 22.4 Å². The molecule has 3 amide bonds. The number of nitrogens with one attached hydrogen (secondary N) is 1. The van der Waals surface area contributed by atoms with E-state index in [1.807, 2.05) is 0 Å². The summed E-state index contributed by atoms with van der Waals surface area (Å²) in [5.41, 5.74) is -0.0119. The van der Waals surface area contributed by atoms with E-state index < -0.39 is 11.6 Å². The first-order chi connectivity index (χ1) is 12.5. The largest absolute Gasteiger partial charge is 0.337 e. The number of carbonyl (C=O) groups is 2. The number of urea groups is 1. The highest BCUT2D eigenvalue weighted by Crippen LogP contribution is 2.36. The van der Waals surface area contributed by atoms with Crippen molar-refractivity contribution in [1.82, 2.24) is 20.4 Å². The molecule has 1 saturated carbocycles. The maximum absolute atomic E-state index is 12.9. The van der Waals surface area contributed by atoms with Gasteiger partial charge in [0.2, 0.25) is 11.7 Å². The Morgan fingerprint density at radius 1 is 1.27 bits per heavy atom. The van der Waals surface area contributed by atoms with Crippen LogP contribution in [-0.4, -0.2) is 32.5 Å². The van der Waals surface area contributed by atoms with Gasteiger partial charge in [-0.3, -0.25) is 9.69 Å². The molecule has 8 heteroatoms. The molecule has 1 N–H and O–H groups in total. The zero-order valence-electron chi connectivity index (χ0n) is 14.4.